The number of hydrogen-bond donors (Lipinski definition) is 2. The minimum absolute atomic E-state index is 0.359. The fourth-order valence-electron chi connectivity index (χ4n) is 0.704. The molecule has 0 aliphatic heterocycles. The summed E-state index contributed by atoms with van der Waals surface area (Å²) in [7, 11) is 0. The van der Waals surface area contributed by atoms with Gasteiger partial charge in [0.2, 0.25) is 0 Å². The molecule has 3 nitrogen and oxygen atoms in total. The van der Waals surface area contributed by atoms with Crippen molar-refractivity contribution in [1.29, 1.82) is 0 Å². The van der Waals surface area contributed by atoms with E-state index in [1.54, 1.807) is 18.2 Å². The molecule has 1 rings (SSSR count). The molecule has 0 heterocycles. The van der Waals surface area contributed by atoms with E-state index < -0.39 is 0 Å². The van der Waals surface area contributed by atoms with Gasteiger partial charge in [-0.25, -0.2) is 0 Å². The van der Waals surface area contributed by atoms with Crippen molar-refractivity contribution in [2.45, 2.75) is 0 Å². The van der Waals surface area contributed by atoms with Gasteiger partial charge in [-0.05, 0) is 12.1 Å². The fraction of sp³-hybridized carbons (Fsp3) is 0. The minimum atomic E-state index is 0.359. The van der Waals surface area contributed by atoms with Crippen molar-refractivity contribution in [1.82, 2.24) is 0 Å². The fourth-order valence-corrected chi connectivity index (χ4v) is 0.704. The highest BCUT2D eigenvalue weighted by atomic mass is 16.1. The molecule has 52 valence electrons. The molecule has 1 aromatic carbocycles. The molecule has 0 aliphatic rings. The van der Waals surface area contributed by atoms with Crippen LogP contribution in [-0.2, 0) is 0 Å². The van der Waals surface area contributed by atoms with Crippen molar-refractivity contribution in [3.8, 4) is 0 Å². The first-order chi connectivity index (χ1) is 4.75. The molecule has 10 heavy (non-hydrogen) atoms. The van der Waals surface area contributed by atoms with Crippen molar-refractivity contribution in [2.75, 3.05) is 11.5 Å². The zero-order valence-electron chi connectivity index (χ0n) is 5.37. The molecule has 1 aromatic rings. The van der Waals surface area contributed by atoms with Gasteiger partial charge in [-0.3, -0.25) is 4.79 Å². The van der Waals surface area contributed by atoms with Crippen molar-refractivity contribution in [2.24, 2.45) is 0 Å². The zero-order chi connectivity index (χ0) is 7.56. The molecular formula is C7H8N2O. The van der Waals surface area contributed by atoms with Gasteiger partial charge in [0, 0.05) is 5.56 Å². The van der Waals surface area contributed by atoms with Crippen LogP contribution in [0.1, 0.15) is 10.4 Å². The summed E-state index contributed by atoms with van der Waals surface area (Å²) in [5.41, 5.74) is 12.1. The van der Waals surface area contributed by atoms with Crippen LogP contribution < -0.4 is 11.5 Å². The summed E-state index contributed by atoms with van der Waals surface area (Å²) in [4.78, 5) is 10.2. The highest BCUT2D eigenvalue weighted by molar-refractivity contribution is 5.88. The SMILES string of the molecule is Nc1cccc(C=O)c1N. The molecule has 0 saturated carbocycles. The molecule has 0 bridgehead atoms. The zero-order valence-corrected chi connectivity index (χ0v) is 5.37. The van der Waals surface area contributed by atoms with Crippen LogP contribution in [0, 0.1) is 0 Å². The molecule has 0 aliphatic carbocycles. The number of hydrogen-bond acceptors (Lipinski definition) is 3. The van der Waals surface area contributed by atoms with Gasteiger partial charge >= 0.3 is 0 Å². The number of rotatable bonds is 1. The third kappa shape index (κ3) is 0.932. The highest BCUT2D eigenvalue weighted by Crippen LogP contribution is 2.16. The lowest BCUT2D eigenvalue weighted by atomic mass is 10.2. The summed E-state index contributed by atoms with van der Waals surface area (Å²) < 4.78 is 0. The summed E-state index contributed by atoms with van der Waals surface area (Å²) in [5, 5.41) is 0. The predicted octanol–water partition coefficient (Wildman–Crippen LogP) is 0.664. The third-order valence-corrected chi connectivity index (χ3v) is 1.30. The van der Waals surface area contributed by atoms with Crippen molar-refractivity contribution >= 4 is 17.7 Å². The number of para-hydroxylation sites is 1. The molecule has 0 atom stereocenters. The molecule has 0 radical (unpaired) electrons. The van der Waals surface area contributed by atoms with E-state index in [0.717, 1.165) is 0 Å². The molecule has 4 N–H and O–H groups in total. The molecule has 0 unspecified atom stereocenters. The Morgan fingerprint density at radius 1 is 1.30 bits per heavy atom. The van der Waals surface area contributed by atoms with Gasteiger partial charge < -0.3 is 11.5 Å². The Balaban J connectivity index is 3.27. The van der Waals surface area contributed by atoms with Crippen LogP contribution in [0.15, 0.2) is 18.2 Å². The van der Waals surface area contributed by atoms with Gasteiger partial charge in [0.15, 0.2) is 6.29 Å². The smallest absolute Gasteiger partial charge is 0.152 e. The van der Waals surface area contributed by atoms with E-state index in [4.69, 9.17) is 11.5 Å². The van der Waals surface area contributed by atoms with Gasteiger partial charge in [-0.2, -0.15) is 0 Å². The molecule has 3 heteroatoms. The molecule has 0 aromatic heterocycles. The van der Waals surface area contributed by atoms with E-state index in [9.17, 15) is 4.79 Å². The van der Waals surface area contributed by atoms with Gasteiger partial charge in [0.1, 0.15) is 0 Å². The average Bonchev–Trinajstić information content (AvgIpc) is 1.95. The van der Waals surface area contributed by atoms with E-state index in [1.807, 2.05) is 0 Å². The maximum Gasteiger partial charge on any atom is 0.152 e. The average molecular weight is 136 g/mol. The van der Waals surface area contributed by atoms with E-state index in [-0.39, 0.29) is 0 Å². The Hall–Kier alpha value is -1.51. The van der Waals surface area contributed by atoms with Crippen LogP contribution >= 0.6 is 0 Å². The predicted molar refractivity (Wildman–Crippen MR) is 40.7 cm³/mol. The summed E-state index contributed by atoms with van der Waals surface area (Å²) in [6, 6.07) is 4.97. The van der Waals surface area contributed by atoms with E-state index in [1.165, 1.54) is 0 Å². The Kier molecular flexibility index (Phi) is 1.58. The Morgan fingerprint density at radius 3 is 2.50 bits per heavy atom. The van der Waals surface area contributed by atoms with Gasteiger partial charge in [0.05, 0.1) is 11.4 Å². The molecule has 0 spiro atoms. The summed E-state index contributed by atoms with van der Waals surface area (Å²) in [6.07, 6.45) is 0.686. The highest BCUT2D eigenvalue weighted by Gasteiger charge is 1.98. The molecule has 0 saturated heterocycles. The first-order valence-electron chi connectivity index (χ1n) is 2.85. The molecule has 0 fully saturated rings. The lowest BCUT2D eigenvalue weighted by Crippen LogP contribution is -1.98. The summed E-state index contributed by atoms with van der Waals surface area (Å²) in [6.45, 7) is 0. The van der Waals surface area contributed by atoms with Crippen LogP contribution in [0.4, 0.5) is 11.4 Å². The van der Waals surface area contributed by atoms with Crippen LogP contribution in [0.5, 0.6) is 0 Å². The van der Waals surface area contributed by atoms with Crippen LogP contribution in [0.25, 0.3) is 0 Å². The van der Waals surface area contributed by atoms with E-state index >= 15 is 0 Å². The standard InChI is InChI=1S/C7H8N2O/c8-6-3-1-2-5(4-10)7(6)9/h1-4H,8-9H2. The largest absolute Gasteiger partial charge is 0.397 e. The number of carbonyl (C=O) groups is 1. The third-order valence-electron chi connectivity index (χ3n) is 1.30. The van der Waals surface area contributed by atoms with Gasteiger partial charge in [-0.15, -0.1) is 0 Å². The Labute approximate surface area is 58.6 Å². The first kappa shape index (κ1) is 6.61. The van der Waals surface area contributed by atoms with Crippen LogP contribution in [0.2, 0.25) is 0 Å². The summed E-state index contributed by atoms with van der Waals surface area (Å²) in [5.74, 6) is 0. The Bertz CT molecular complexity index is 258. The topological polar surface area (TPSA) is 69.1 Å². The van der Waals surface area contributed by atoms with Crippen molar-refractivity contribution in [3.05, 3.63) is 23.8 Å². The lowest BCUT2D eigenvalue weighted by Gasteiger charge is -1.99. The Morgan fingerprint density at radius 2 is 2.00 bits per heavy atom. The lowest BCUT2D eigenvalue weighted by molar-refractivity contribution is 0.112. The molecular weight excluding hydrogens is 128 g/mol. The van der Waals surface area contributed by atoms with E-state index in [2.05, 4.69) is 0 Å². The summed E-state index contributed by atoms with van der Waals surface area (Å²) >= 11 is 0. The second-order valence-electron chi connectivity index (χ2n) is 1.97. The number of benzene rings is 1. The van der Waals surface area contributed by atoms with Gasteiger partial charge in [-0.1, -0.05) is 6.07 Å². The van der Waals surface area contributed by atoms with Crippen LogP contribution in [-0.4, -0.2) is 6.29 Å². The van der Waals surface area contributed by atoms with Gasteiger partial charge in [0.25, 0.3) is 0 Å². The number of nitrogen functional groups attached to an aromatic ring is 2. The normalized spacial score (nSPS) is 9.20. The second kappa shape index (κ2) is 2.39. The quantitative estimate of drug-likeness (QED) is 0.440. The van der Waals surface area contributed by atoms with E-state index in [0.29, 0.717) is 23.2 Å². The number of nitrogens with two attached hydrogens (primary N) is 2. The first-order valence-corrected chi connectivity index (χ1v) is 2.85. The van der Waals surface area contributed by atoms with Crippen LogP contribution in [0.3, 0.4) is 0 Å². The minimum Gasteiger partial charge on any atom is -0.397 e. The number of aldehydes is 1. The maximum absolute atomic E-state index is 10.2. The second-order valence-corrected chi connectivity index (χ2v) is 1.97. The molecule has 0 amide bonds. The maximum atomic E-state index is 10.2. The number of anilines is 2. The number of carbonyl (C=O) groups excluding carboxylic acids is 1. The van der Waals surface area contributed by atoms with Crippen molar-refractivity contribution in [3.63, 3.8) is 0 Å². The van der Waals surface area contributed by atoms with Crippen molar-refractivity contribution < 1.29 is 4.79 Å². The monoisotopic (exact) mass is 136 g/mol.